The number of aromatic carboxylic acids is 1. The highest BCUT2D eigenvalue weighted by Gasteiger charge is 2.36. The number of rotatable bonds is 3. The Balaban J connectivity index is 0.000000269. The SMILES string of the molecule is NCc1ccc(F)cc1.O=C(O)c1nn2c(C(F)(F)F)cc(-c3ccccc3)nc2c1Br. The van der Waals surface area contributed by atoms with E-state index in [0.29, 0.717) is 16.6 Å². The number of carboxylic acid groups (broad SMARTS) is 1. The number of alkyl halides is 3. The Morgan fingerprint density at radius 3 is 2.25 bits per heavy atom. The van der Waals surface area contributed by atoms with Crippen LogP contribution in [0.2, 0.25) is 0 Å². The lowest BCUT2D eigenvalue weighted by molar-refractivity contribution is -0.142. The van der Waals surface area contributed by atoms with Crippen LogP contribution in [0.4, 0.5) is 17.6 Å². The number of benzene rings is 2. The summed E-state index contributed by atoms with van der Waals surface area (Å²) in [7, 11) is 0. The summed E-state index contributed by atoms with van der Waals surface area (Å²) in [5.41, 5.74) is 4.93. The molecule has 11 heteroatoms. The lowest BCUT2D eigenvalue weighted by atomic mass is 10.1. The molecule has 2 heterocycles. The van der Waals surface area contributed by atoms with E-state index in [0.717, 1.165) is 11.6 Å². The van der Waals surface area contributed by atoms with E-state index in [1.54, 1.807) is 42.5 Å². The highest BCUT2D eigenvalue weighted by atomic mass is 79.9. The van der Waals surface area contributed by atoms with Crippen LogP contribution < -0.4 is 5.73 Å². The average Bonchev–Trinajstić information content (AvgIpc) is 3.11. The fourth-order valence-corrected chi connectivity index (χ4v) is 3.21. The molecule has 2 aromatic carbocycles. The molecule has 0 aliphatic rings. The van der Waals surface area contributed by atoms with Crippen LogP contribution in [0.15, 0.2) is 65.1 Å². The summed E-state index contributed by atoms with van der Waals surface area (Å²) in [6.07, 6.45) is -4.72. The molecule has 0 saturated carbocycles. The number of aromatic nitrogens is 3. The van der Waals surface area contributed by atoms with Gasteiger partial charge in [0.25, 0.3) is 0 Å². The fraction of sp³-hybridized carbons (Fsp3) is 0.0952. The third kappa shape index (κ3) is 5.11. The molecule has 0 atom stereocenters. The minimum atomic E-state index is -4.72. The molecule has 0 fully saturated rings. The first-order valence-electron chi connectivity index (χ1n) is 9.01. The lowest BCUT2D eigenvalue weighted by Gasteiger charge is -2.11. The Hall–Kier alpha value is -3.31. The van der Waals surface area contributed by atoms with Crippen molar-refractivity contribution >= 4 is 27.5 Å². The number of nitrogens with zero attached hydrogens (tertiary/aromatic N) is 3. The first kappa shape index (κ1) is 23.4. The Labute approximate surface area is 187 Å². The van der Waals surface area contributed by atoms with Gasteiger partial charge in [-0.1, -0.05) is 42.5 Å². The molecule has 0 aliphatic carbocycles. The van der Waals surface area contributed by atoms with Crippen LogP contribution in [-0.2, 0) is 12.7 Å². The monoisotopic (exact) mass is 510 g/mol. The third-order valence-corrected chi connectivity index (χ3v) is 4.97. The second-order valence-corrected chi connectivity index (χ2v) is 7.22. The van der Waals surface area contributed by atoms with Crippen LogP contribution >= 0.6 is 15.9 Å². The molecule has 0 unspecified atom stereocenters. The second kappa shape index (κ2) is 9.45. The van der Waals surface area contributed by atoms with Crippen molar-refractivity contribution in [2.24, 2.45) is 5.73 Å². The van der Waals surface area contributed by atoms with E-state index in [9.17, 15) is 22.4 Å². The lowest BCUT2D eigenvalue weighted by Crippen LogP contribution is -2.14. The normalized spacial score (nSPS) is 11.2. The minimum Gasteiger partial charge on any atom is -0.476 e. The summed E-state index contributed by atoms with van der Waals surface area (Å²) in [5, 5.41) is 12.5. The largest absolute Gasteiger partial charge is 0.476 e. The smallest absolute Gasteiger partial charge is 0.433 e. The number of carbonyl (C=O) groups is 1. The molecule has 0 spiro atoms. The van der Waals surface area contributed by atoms with Crippen LogP contribution in [0.3, 0.4) is 0 Å². The van der Waals surface area contributed by atoms with E-state index >= 15 is 0 Å². The van der Waals surface area contributed by atoms with E-state index in [1.807, 2.05) is 0 Å². The predicted molar refractivity (Wildman–Crippen MR) is 112 cm³/mol. The number of halogens is 5. The molecule has 0 amide bonds. The van der Waals surface area contributed by atoms with Gasteiger partial charge in [-0.15, -0.1) is 0 Å². The zero-order valence-corrected chi connectivity index (χ0v) is 17.7. The molecule has 0 radical (unpaired) electrons. The highest BCUT2D eigenvalue weighted by Crippen LogP contribution is 2.34. The number of hydrogen-bond donors (Lipinski definition) is 2. The first-order valence-corrected chi connectivity index (χ1v) is 9.80. The maximum absolute atomic E-state index is 13.3. The average molecular weight is 511 g/mol. The molecular formula is C21H15BrF4N4O2. The maximum atomic E-state index is 13.3. The van der Waals surface area contributed by atoms with Gasteiger partial charge in [0.15, 0.2) is 17.0 Å². The summed E-state index contributed by atoms with van der Waals surface area (Å²) < 4.78 is 52.5. The third-order valence-electron chi connectivity index (χ3n) is 4.24. The summed E-state index contributed by atoms with van der Waals surface area (Å²) in [6, 6.07) is 15.3. The summed E-state index contributed by atoms with van der Waals surface area (Å²) in [4.78, 5) is 15.2. The topological polar surface area (TPSA) is 93.5 Å². The molecule has 166 valence electrons. The Kier molecular flexibility index (Phi) is 6.90. The molecule has 4 rings (SSSR count). The van der Waals surface area contributed by atoms with Gasteiger partial charge in [-0.2, -0.15) is 18.3 Å². The van der Waals surface area contributed by atoms with E-state index in [4.69, 9.17) is 10.8 Å². The number of fused-ring (bicyclic) bond motifs is 1. The minimum absolute atomic E-state index is 0.0722. The van der Waals surface area contributed by atoms with Crippen molar-refractivity contribution in [3.05, 3.63) is 87.9 Å². The van der Waals surface area contributed by atoms with Crippen molar-refractivity contribution in [1.82, 2.24) is 14.6 Å². The van der Waals surface area contributed by atoms with Crippen molar-refractivity contribution in [2.75, 3.05) is 0 Å². The van der Waals surface area contributed by atoms with Crippen LogP contribution in [0.1, 0.15) is 21.7 Å². The van der Waals surface area contributed by atoms with Crippen LogP contribution in [-0.4, -0.2) is 25.7 Å². The Morgan fingerprint density at radius 2 is 1.72 bits per heavy atom. The zero-order valence-electron chi connectivity index (χ0n) is 16.1. The standard InChI is InChI=1S/C14H7BrF3N3O2.C7H8FN/c15-10-11(13(22)23)20-21-9(14(16,17)18)6-8(19-12(10)21)7-4-2-1-3-5-7;8-7-3-1-6(5-9)2-4-7/h1-6H,(H,22,23);1-4H,5,9H2. The molecular weight excluding hydrogens is 496 g/mol. The van der Waals surface area contributed by atoms with Crippen molar-refractivity contribution < 1.29 is 27.5 Å². The zero-order chi connectivity index (χ0) is 23.5. The van der Waals surface area contributed by atoms with Gasteiger partial charge in [0.1, 0.15) is 5.82 Å². The Morgan fingerprint density at radius 1 is 1.09 bits per heavy atom. The predicted octanol–water partition coefficient (Wildman–Crippen LogP) is 5.16. The van der Waals surface area contributed by atoms with Crippen molar-refractivity contribution in [3.8, 4) is 11.3 Å². The maximum Gasteiger partial charge on any atom is 0.433 e. The number of nitrogens with two attached hydrogens (primary N) is 1. The van der Waals surface area contributed by atoms with Gasteiger partial charge < -0.3 is 10.8 Å². The van der Waals surface area contributed by atoms with Gasteiger partial charge >= 0.3 is 12.1 Å². The van der Waals surface area contributed by atoms with Gasteiger partial charge in [0.2, 0.25) is 0 Å². The second-order valence-electron chi connectivity index (χ2n) is 6.42. The Bertz CT molecular complexity index is 1240. The highest BCUT2D eigenvalue weighted by molar-refractivity contribution is 9.10. The van der Waals surface area contributed by atoms with Crippen molar-refractivity contribution in [3.63, 3.8) is 0 Å². The molecule has 0 bridgehead atoms. The van der Waals surface area contributed by atoms with E-state index in [2.05, 4.69) is 26.0 Å². The van der Waals surface area contributed by atoms with E-state index in [-0.39, 0.29) is 21.6 Å². The summed E-state index contributed by atoms with van der Waals surface area (Å²) in [6.45, 7) is 0.472. The van der Waals surface area contributed by atoms with Gasteiger partial charge in [-0.25, -0.2) is 18.7 Å². The fourth-order valence-electron chi connectivity index (χ4n) is 2.71. The molecule has 6 nitrogen and oxygen atoms in total. The van der Waals surface area contributed by atoms with Crippen molar-refractivity contribution in [1.29, 1.82) is 0 Å². The van der Waals surface area contributed by atoms with Gasteiger partial charge in [-0.3, -0.25) is 0 Å². The van der Waals surface area contributed by atoms with Gasteiger partial charge in [0, 0.05) is 12.1 Å². The summed E-state index contributed by atoms with van der Waals surface area (Å²) in [5.74, 6) is -1.66. The quantitative estimate of drug-likeness (QED) is 0.371. The van der Waals surface area contributed by atoms with E-state index in [1.165, 1.54) is 12.1 Å². The molecule has 32 heavy (non-hydrogen) atoms. The molecule has 4 aromatic rings. The van der Waals surface area contributed by atoms with Gasteiger partial charge in [0.05, 0.1) is 10.2 Å². The van der Waals surface area contributed by atoms with Crippen LogP contribution in [0.5, 0.6) is 0 Å². The van der Waals surface area contributed by atoms with E-state index < -0.39 is 23.5 Å². The van der Waals surface area contributed by atoms with Crippen molar-refractivity contribution in [2.45, 2.75) is 12.7 Å². The number of hydrogen-bond acceptors (Lipinski definition) is 4. The van der Waals surface area contributed by atoms with Crippen LogP contribution in [0.25, 0.3) is 16.9 Å². The van der Waals surface area contributed by atoms with Crippen LogP contribution in [0, 0.1) is 5.82 Å². The molecule has 0 aliphatic heterocycles. The molecule has 2 aromatic heterocycles. The summed E-state index contributed by atoms with van der Waals surface area (Å²) >= 11 is 2.97. The molecule has 0 saturated heterocycles. The first-order chi connectivity index (χ1) is 15.1. The molecule has 3 N–H and O–H groups in total. The van der Waals surface area contributed by atoms with Gasteiger partial charge in [-0.05, 0) is 39.7 Å². The number of carboxylic acids is 1.